The number of nitrogens with one attached hydrogen (secondary N) is 3. The molecule has 3 aliphatic rings. The molecule has 2 fully saturated rings. The van der Waals surface area contributed by atoms with E-state index in [2.05, 4.69) is 70.9 Å². The molecule has 3 heterocycles. The average molecular weight is 462 g/mol. The Hall–Kier alpha value is 0.120. The summed E-state index contributed by atoms with van der Waals surface area (Å²) in [5.74, 6) is 0. The molecule has 3 N–H and O–H groups in total. The van der Waals surface area contributed by atoms with Crippen molar-refractivity contribution in [1.82, 2.24) is 20.9 Å². The average Bonchev–Trinajstić information content (AvgIpc) is 2.56. The first-order valence-corrected chi connectivity index (χ1v) is 11.2. The topological polar surface area (TPSA) is 39.3 Å². The molecule has 6 heteroatoms. The summed E-state index contributed by atoms with van der Waals surface area (Å²) in [7, 11) is 0. The summed E-state index contributed by atoms with van der Waals surface area (Å²) in [5.41, 5.74) is 1.31. The van der Waals surface area contributed by atoms with Crippen LogP contribution in [-0.2, 0) is 0 Å². The quantitative estimate of drug-likeness (QED) is 0.420. The van der Waals surface area contributed by atoms with Gasteiger partial charge in [-0.05, 0) is 44.7 Å². The Balaban J connectivity index is 1.58. The summed E-state index contributed by atoms with van der Waals surface area (Å²) < 4.78 is 0. The Morgan fingerprint density at radius 1 is 1.04 bits per heavy atom. The number of hydrogen-bond acceptors (Lipinski definition) is 4. The molecule has 0 aromatic rings. The maximum atomic E-state index is 3.74. The van der Waals surface area contributed by atoms with Crippen LogP contribution in [0.3, 0.4) is 0 Å². The zero-order valence-corrected chi connectivity index (χ0v) is 17.5. The Morgan fingerprint density at radius 3 is 2.62 bits per heavy atom. The standard InChI is InChI=1S/C18H30Br2N4/c19-17-8-3-6-15(22-17)12-24(11-14-5-1-2-10-21-14)13-16-7-4-9-18(20)23-16/h3,6,8,14,16-18,21-23H,1-2,4-5,7,9-13H2. The van der Waals surface area contributed by atoms with Gasteiger partial charge in [-0.15, -0.1) is 0 Å². The van der Waals surface area contributed by atoms with Crippen molar-refractivity contribution in [1.29, 1.82) is 0 Å². The van der Waals surface area contributed by atoms with Gasteiger partial charge in [-0.3, -0.25) is 4.90 Å². The number of piperidine rings is 2. The van der Waals surface area contributed by atoms with Crippen molar-refractivity contribution in [2.75, 3.05) is 26.2 Å². The van der Waals surface area contributed by atoms with Crippen LogP contribution >= 0.6 is 31.9 Å². The van der Waals surface area contributed by atoms with Crippen molar-refractivity contribution in [3.8, 4) is 0 Å². The maximum absolute atomic E-state index is 3.74. The Kier molecular flexibility index (Phi) is 7.65. The normalized spacial score (nSPS) is 34.0. The van der Waals surface area contributed by atoms with Crippen LogP contribution in [0.4, 0.5) is 0 Å². The van der Waals surface area contributed by atoms with Crippen LogP contribution in [0.5, 0.6) is 0 Å². The minimum Gasteiger partial charge on any atom is -0.372 e. The van der Waals surface area contributed by atoms with Crippen LogP contribution in [0.25, 0.3) is 0 Å². The van der Waals surface area contributed by atoms with Crippen molar-refractivity contribution >= 4 is 31.9 Å². The van der Waals surface area contributed by atoms with Gasteiger partial charge in [0, 0.05) is 37.4 Å². The molecule has 0 saturated carbocycles. The Morgan fingerprint density at radius 2 is 1.88 bits per heavy atom. The molecule has 0 bridgehead atoms. The number of dihydropyridines is 1. The molecule has 136 valence electrons. The van der Waals surface area contributed by atoms with E-state index in [1.165, 1.54) is 50.8 Å². The minimum atomic E-state index is 0.256. The van der Waals surface area contributed by atoms with Crippen molar-refractivity contribution < 1.29 is 0 Å². The highest BCUT2D eigenvalue weighted by Crippen LogP contribution is 2.19. The maximum Gasteiger partial charge on any atom is 0.101 e. The first-order valence-electron chi connectivity index (χ1n) is 9.33. The van der Waals surface area contributed by atoms with E-state index in [0.29, 0.717) is 17.0 Å². The lowest BCUT2D eigenvalue weighted by molar-refractivity contribution is 0.200. The summed E-state index contributed by atoms with van der Waals surface area (Å²) in [6.45, 7) is 4.43. The molecule has 24 heavy (non-hydrogen) atoms. The van der Waals surface area contributed by atoms with E-state index >= 15 is 0 Å². The molecule has 0 aromatic carbocycles. The number of nitrogens with zero attached hydrogens (tertiary/aromatic N) is 1. The third-order valence-electron chi connectivity index (χ3n) is 5.09. The number of alkyl halides is 2. The first kappa shape index (κ1) is 18.9. The summed E-state index contributed by atoms with van der Waals surface area (Å²) in [6, 6.07) is 1.23. The van der Waals surface area contributed by atoms with Gasteiger partial charge in [-0.25, -0.2) is 0 Å². The SMILES string of the molecule is BrC1C=CC=C(CN(CC2CCCCN2)CC2CCCC(Br)N2)N1. The van der Waals surface area contributed by atoms with Gasteiger partial charge in [0.05, 0.1) is 4.95 Å². The molecule has 4 nitrogen and oxygen atoms in total. The van der Waals surface area contributed by atoms with Crippen LogP contribution in [0.15, 0.2) is 23.9 Å². The summed E-state index contributed by atoms with van der Waals surface area (Å²) in [5, 5.41) is 11.0. The van der Waals surface area contributed by atoms with E-state index < -0.39 is 0 Å². The highest BCUT2D eigenvalue weighted by Gasteiger charge is 2.24. The molecule has 0 aliphatic carbocycles. The number of hydrogen-bond donors (Lipinski definition) is 3. The van der Waals surface area contributed by atoms with Crippen LogP contribution in [0.1, 0.15) is 38.5 Å². The van der Waals surface area contributed by atoms with Gasteiger partial charge in [0.1, 0.15) is 4.95 Å². The van der Waals surface area contributed by atoms with E-state index in [4.69, 9.17) is 0 Å². The van der Waals surface area contributed by atoms with Crippen molar-refractivity contribution in [2.24, 2.45) is 0 Å². The van der Waals surface area contributed by atoms with Crippen molar-refractivity contribution in [3.05, 3.63) is 23.9 Å². The molecule has 0 radical (unpaired) electrons. The predicted octanol–water partition coefficient (Wildman–Crippen LogP) is 3.06. The van der Waals surface area contributed by atoms with E-state index in [1.807, 2.05) is 0 Å². The van der Waals surface area contributed by atoms with Gasteiger partial charge in [0.15, 0.2) is 0 Å². The first-order chi connectivity index (χ1) is 11.7. The highest BCUT2D eigenvalue weighted by molar-refractivity contribution is 9.09. The number of rotatable bonds is 6. The molecular formula is C18H30Br2N4. The van der Waals surface area contributed by atoms with E-state index in [1.54, 1.807) is 0 Å². The lowest BCUT2D eigenvalue weighted by Crippen LogP contribution is -2.51. The van der Waals surface area contributed by atoms with Crippen molar-refractivity contribution in [3.63, 3.8) is 0 Å². The molecule has 4 atom stereocenters. The highest BCUT2D eigenvalue weighted by atomic mass is 79.9. The Labute approximate surface area is 163 Å². The fraction of sp³-hybridized carbons (Fsp3) is 0.778. The summed E-state index contributed by atoms with van der Waals surface area (Å²) >= 11 is 7.38. The second-order valence-corrected chi connectivity index (χ2v) is 9.32. The van der Waals surface area contributed by atoms with E-state index in [-0.39, 0.29) is 4.95 Å². The fourth-order valence-corrected chi connectivity index (χ4v) is 5.07. The van der Waals surface area contributed by atoms with Gasteiger partial charge >= 0.3 is 0 Å². The zero-order valence-electron chi connectivity index (χ0n) is 14.3. The lowest BCUT2D eigenvalue weighted by Gasteiger charge is -2.36. The van der Waals surface area contributed by atoms with Crippen molar-refractivity contribution in [2.45, 2.75) is 60.5 Å². The lowest BCUT2D eigenvalue weighted by atomic mass is 10.0. The molecule has 2 saturated heterocycles. The van der Waals surface area contributed by atoms with Crippen LogP contribution in [0, 0.1) is 0 Å². The van der Waals surface area contributed by atoms with Crippen LogP contribution < -0.4 is 16.0 Å². The zero-order chi connectivity index (χ0) is 16.8. The molecule has 4 unspecified atom stereocenters. The molecule has 0 amide bonds. The molecule has 0 aromatic heterocycles. The molecule has 3 rings (SSSR count). The fourth-order valence-electron chi connectivity index (χ4n) is 3.90. The van der Waals surface area contributed by atoms with Gasteiger partial charge in [-0.1, -0.05) is 50.4 Å². The number of halogens is 2. The summed E-state index contributed by atoms with van der Waals surface area (Å²) in [6.07, 6.45) is 14.3. The second kappa shape index (κ2) is 9.72. The van der Waals surface area contributed by atoms with Gasteiger partial charge in [0.2, 0.25) is 0 Å². The third-order valence-corrected chi connectivity index (χ3v) is 6.35. The summed E-state index contributed by atoms with van der Waals surface area (Å²) in [4.78, 5) is 3.36. The van der Waals surface area contributed by atoms with E-state index in [9.17, 15) is 0 Å². The van der Waals surface area contributed by atoms with E-state index in [0.717, 1.165) is 19.6 Å². The van der Waals surface area contributed by atoms with Gasteiger partial charge < -0.3 is 16.0 Å². The predicted molar refractivity (Wildman–Crippen MR) is 109 cm³/mol. The second-order valence-electron chi connectivity index (χ2n) is 7.23. The largest absolute Gasteiger partial charge is 0.372 e. The monoisotopic (exact) mass is 460 g/mol. The number of allylic oxidation sites excluding steroid dienone is 2. The Bertz CT molecular complexity index is 448. The minimum absolute atomic E-state index is 0.256. The van der Waals surface area contributed by atoms with Gasteiger partial charge in [0.25, 0.3) is 0 Å². The molecule has 3 aliphatic heterocycles. The third kappa shape index (κ3) is 6.13. The molecule has 0 spiro atoms. The van der Waals surface area contributed by atoms with Crippen LogP contribution in [0.2, 0.25) is 0 Å². The smallest absolute Gasteiger partial charge is 0.101 e. The molecular weight excluding hydrogens is 432 g/mol. The van der Waals surface area contributed by atoms with Gasteiger partial charge in [-0.2, -0.15) is 0 Å². The van der Waals surface area contributed by atoms with Crippen LogP contribution in [-0.4, -0.2) is 53.1 Å².